The van der Waals surface area contributed by atoms with Crippen LogP contribution in [0.5, 0.6) is 0 Å². The van der Waals surface area contributed by atoms with E-state index in [1.807, 2.05) is 7.05 Å². The van der Waals surface area contributed by atoms with Gasteiger partial charge in [0.25, 0.3) is 0 Å². The largest absolute Gasteiger partial charge is 0.383 e. The Hall–Kier alpha value is -0.900. The van der Waals surface area contributed by atoms with Crippen molar-refractivity contribution in [2.75, 3.05) is 54.0 Å². The summed E-state index contributed by atoms with van der Waals surface area (Å²) in [6.45, 7) is 7.93. The molecule has 1 atom stereocenters. The maximum atomic E-state index is 5.23. The van der Waals surface area contributed by atoms with Gasteiger partial charge in [0.1, 0.15) is 0 Å². The Labute approximate surface area is 194 Å². The zero-order chi connectivity index (χ0) is 20.2. The minimum atomic E-state index is 0. The molecule has 1 unspecified atom stereocenters. The van der Waals surface area contributed by atoms with Crippen molar-refractivity contribution >= 4 is 29.9 Å². The third-order valence-electron chi connectivity index (χ3n) is 5.44. The lowest BCUT2D eigenvalue weighted by molar-refractivity contribution is 0.144. The van der Waals surface area contributed by atoms with Gasteiger partial charge in [-0.3, -0.25) is 14.8 Å². The van der Waals surface area contributed by atoms with Crippen LogP contribution in [0, 0.1) is 0 Å². The highest BCUT2D eigenvalue weighted by molar-refractivity contribution is 14.0. The van der Waals surface area contributed by atoms with E-state index in [-0.39, 0.29) is 24.0 Å². The smallest absolute Gasteiger partial charge is 0.191 e. The maximum absolute atomic E-state index is 5.23. The van der Waals surface area contributed by atoms with Gasteiger partial charge in [0, 0.05) is 59.0 Å². The van der Waals surface area contributed by atoms with E-state index in [4.69, 9.17) is 4.74 Å². The molecule has 1 saturated carbocycles. The van der Waals surface area contributed by atoms with Crippen molar-refractivity contribution in [2.24, 2.45) is 4.99 Å². The Morgan fingerprint density at radius 3 is 2.48 bits per heavy atom. The van der Waals surface area contributed by atoms with E-state index in [0.29, 0.717) is 6.04 Å². The molecule has 0 bridgehead atoms. The molecule has 0 amide bonds. The molecular weight excluding hydrogens is 477 g/mol. The molecule has 1 aromatic rings. The molecule has 0 aliphatic heterocycles. The lowest BCUT2D eigenvalue weighted by Gasteiger charge is -2.25. The van der Waals surface area contributed by atoms with Gasteiger partial charge in [-0.15, -0.1) is 24.0 Å². The number of aliphatic imine (C=N–C) groups is 1. The predicted octanol–water partition coefficient (Wildman–Crippen LogP) is 2.79. The summed E-state index contributed by atoms with van der Waals surface area (Å²) in [7, 11) is 5.80. The Morgan fingerprint density at radius 1 is 1.17 bits per heavy atom. The standard InChI is InChI=1S/C22H39N5O.HI/c1-19(26(3)18-20-8-6-5-7-9-20)12-13-24-22(23-2)25-14-15-27(16-17-28-4)21-10-11-21;/h5-9,19,21H,10-18H2,1-4H3,(H2,23,24,25);1H. The molecule has 0 aromatic heterocycles. The summed E-state index contributed by atoms with van der Waals surface area (Å²) in [5.74, 6) is 0.889. The van der Waals surface area contributed by atoms with Crippen molar-refractivity contribution < 1.29 is 4.74 Å². The number of guanidine groups is 1. The highest BCUT2D eigenvalue weighted by Gasteiger charge is 2.28. The number of benzene rings is 1. The first kappa shape index (κ1) is 26.1. The average Bonchev–Trinajstić information content (AvgIpc) is 3.55. The predicted molar refractivity (Wildman–Crippen MR) is 133 cm³/mol. The molecule has 0 spiro atoms. The van der Waals surface area contributed by atoms with Crippen LogP contribution in [0.4, 0.5) is 0 Å². The number of rotatable bonds is 13. The van der Waals surface area contributed by atoms with Gasteiger partial charge in [0.15, 0.2) is 5.96 Å². The van der Waals surface area contributed by atoms with Crippen LogP contribution in [0.15, 0.2) is 35.3 Å². The summed E-state index contributed by atoms with van der Waals surface area (Å²) in [6.07, 6.45) is 3.72. The van der Waals surface area contributed by atoms with Crippen molar-refractivity contribution in [1.29, 1.82) is 0 Å². The van der Waals surface area contributed by atoms with E-state index < -0.39 is 0 Å². The molecule has 0 saturated heterocycles. The SMILES string of the molecule is CN=C(NCCC(C)N(C)Cc1ccccc1)NCCN(CCOC)C1CC1.I. The first-order valence-corrected chi connectivity index (χ1v) is 10.6. The highest BCUT2D eigenvalue weighted by Crippen LogP contribution is 2.25. The van der Waals surface area contributed by atoms with E-state index in [9.17, 15) is 0 Å². The second kappa shape index (κ2) is 15.0. The lowest BCUT2D eigenvalue weighted by Crippen LogP contribution is -2.43. The molecule has 1 aliphatic carbocycles. The number of hydrogen-bond acceptors (Lipinski definition) is 4. The molecule has 2 N–H and O–H groups in total. The van der Waals surface area contributed by atoms with Crippen LogP contribution in [-0.2, 0) is 11.3 Å². The summed E-state index contributed by atoms with van der Waals surface area (Å²) in [5.41, 5.74) is 1.36. The molecular formula is C22H40IN5O. The van der Waals surface area contributed by atoms with Crippen molar-refractivity contribution in [3.05, 3.63) is 35.9 Å². The van der Waals surface area contributed by atoms with Crippen LogP contribution in [-0.4, -0.2) is 81.8 Å². The maximum Gasteiger partial charge on any atom is 0.191 e. The fraction of sp³-hybridized carbons (Fsp3) is 0.682. The van der Waals surface area contributed by atoms with E-state index in [0.717, 1.165) is 57.8 Å². The second-order valence-corrected chi connectivity index (χ2v) is 7.72. The molecule has 7 heteroatoms. The van der Waals surface area contributed by atoms with Crippen LogP contribution in [0.2, 0.25) is 0 Å². The van der Waals surface area contributed by atoms with Crippen molar-refractivity contribution in [3.8, 4) is 0 Å². The van der Waals surface area contributed by atoms with Crippen LogP contribution < -0.4 is 10.6 Å². The molecule has 1 aliphatic rings. The van der Waals surface area contributed by atoms with Crippen LogP contribution in [0.1, 0.15) is 31.7 Å². The molecule has 166 valence electrons. The minimum Gasteiger partial charge on any atom is -0.383 e. The fourth-order valence-corrected chi connectivity index (χ4v) is 3.31. The Bertz CT molecular complexity index is 568. The monoisotopic (exact) mass is 517 g/mol. The number of hydrogen-bond donors (Lipinski definition) is 2. The van der Waals surface area contributed by atoms with E-state index in [1.165, 1.54) is 18.4 Å². The van der Waals surface area contributed by atoms with Gasteiger partial charge in [0.2, 0.25) is 0 Å². The first-order chi connectivity index (χ1) is 13.6. The topological polar surface area (TPSA) is 52.1 Å². The third-order valence-corrected chi connectivity index (χ3v) is 5.44. The van der Waals surface area contributed by atoms with Crippen molar-refractivity contribution in [2.45, 2.75) is 44.8 Å². The molecule has 29 heavy (non-hydrogen) atoms. The number of halogens is 1. The molecule has 2 rings (SSSR count). The Balaban J connectivity index is 0.00000420. The number of nitrogens with zero attached hydrogens (tertiary/aromatic N) is 3. The quantitative estimate of drug-likeness (QED) is 0.240. The van der Waals surface area contributed by atoms with Gasteiger partial charge in [-0.1, -0.05) is 30.3 Å². The zero-order valence-electron chi connectivity index (χ0n) is 18.6. The zero-order valence-corrected chi connectivity index (χ0v) is 20.9. The third kappa shape index (κ3) is 10.6. The van der Waals surface area contributed by atoms with Crippen LogP contribution in [0.25, 0.3) is 0 Å². The summed E-state index contributed by atoms with van der Waals surface area (Å²) in [5, 5.41) is 6.89. The summed E-state index contributed by atoms with van der Waals surface area (Å²) < 4.78 is 5.23. The molecule has 0 radical (unpaired) electrons. The number of ether oxygens (including phenoxy) is 1. The van der Waals surface area contributed by atoms with Gasteiger partial charge in [-0.05, 0) is 38.8 Å². The summed E-state index contributed by atoms with van der Waals surface area (Å²) >= 11 is 0. The van der Waals surface area contributed by atoms with Crippen LogP contribution >= 0.6 is 24.0 Å². The molecule has 1 fully saturated rings. The molecule has 0 heterocycles. The summed E-state index contributed by atoms with van der Waals surface area (Å²) in [4.78, 5) is 9.27. The number of nitrogens with one attached hydrogen (secondary N) is 2. The highest BCUT2D eigenvalue weighted by atomic mass is 127. The van der Waals surface area contributed by atoms with Gasteiger partial charge in [-0.2, -0.15) is 0 Å². The van der Waals surface area contributed by atoms with E-state index >= 15 is 0 Å². The molecule has 6 nitrogen and oxygen atoms in total. The van der Waals surface area contributed by atoms with E-state index in [2.05, 4.69) is 69.7 Å². The minimum absolute atomic E-state index is 0. The van der Waals surface area contributed by atoms with Crippen molar-refractivity contribution in [3.63, 3.8) is 0 Å². The van der Waals surface area contributed by atoms with Gasteiger partial charge >= 0.3 is 0 Å². The first-order valence-electron chi connectivity index (χ1n) is 10.6. The normalized spacial score (nSPS) is 15.3. The van der Waals surface area contributed by atoms with Crippen LogP contribution in [0.3, 0.4) is 0 Å². The number of methoxy groups -OCH3 is 1. The Morgan fingerprint density at radius 2 is 1.86 bits per heavy atom. The summed E-state index contributed by atoms with van der Waals surface area (Å²) in [6, 6.07) is 11.9. The second-order valence-electron chi connectivity index (χ2n) is 7.72. The average molecular weight is 518 g/mol. The van der Waals surface area contributed by atoms with Gasteiger partial charge < -0.3 is 15.4 Å². The van der Waals surface area contributed by atoms with Gasteiger partial charge in [-0.25, -0.2) is 0 Å². The van der Waals surface area contributed by atoms with Crippen molar-refractivity contribution in [1.82, 2.24) is 20.4 Å². The molecule has 1 aromatic carbocycles. The lowest BCUT2D eigenvalue weighted by atomic mass is 10.1. The Kier molecular flexibility index (Phi) is 13.5. The fourth-order valence-electron chi connectivity index (χ4n) is 3.31. The van der Waals surface area contributed by atoms with Gasteiger partial charge in [0.05, 0.1) is 6.61 Å². The van der Waals surface area contributed by atoms with E-state index in [1.54, 1.807) is 7.11 Å².